The second-order valence-electron chi connectivity index (χ2n) is 9.33. The van der Waals surface area contributed by atoms with E-state index in [2.05, 4.69) is 12.2 Å². The van der Waals surface area contributed by atoms with Crippen molar-refractivity contribution in [1.29, 1.82) is 0 Å². The minimum absolute atomic E-state index is 0.00115. The topological polar surface area (TPSA) is 55.4 Å². The van der Waals surface area contributed by atoms with E-state index < -0.39 is 0 Å². The molecule has 4 aliphatic rings. The van der Waals surface area contributed by atoms with E-state index in [0.717, 1.165) is 23.3 Å². The van der Waals surface area contributed by atoms with E-state index in [-0.39, 0.29) is 24.2 Å². The van der Waals surface area contributed by atoms with Gasteiger partial charge in [0, 0.05) is 17.2 Å². The number of rotatable bonds is 6. The Kier molecular flexibility index (Phi) is 4.77. The van der Waals surface area contributed by atoms with Gasteiger partial charge in [-0.3, -0.25) is 9.59 Å². The molecule has 1 atom stereocenters. The number of amides is 1. The number of benzene rings is 1. The van der Waals surface area contributed by atoms with Crippen LogP contribution in [0.3, 0.4) is 0 Å². The molecule has 0 spiro atoms. The van der Waals surface area contributed by atoms with Gasteiger partial charge in [0.1, 0.15) is 5.75 Å². The highest BCUT2D eigenvalue weighted by molar-refractivity contribution is 5.94. The lowest BCUT2D eigenvalue weighted by Crippen LogP contribution is -2.56. The van der Waals surface area contributed by atoms with Crippen LogP contribution in [0, 0.1) is 23.2 Å². The number of Topliss-reactive ketones (excluding diaryl/α,β-unsaturated/α-hetero) is 1. The first-order valence-corrected chi connectivity index (χ1v) is 10.4. The molecule has 4 aliphatic carbocycles. The van der Waals surface area contributed by atoms with Gasteiger partial charge in [0.15, 0.2) is 5.78 Å². The summed E-state index contributed by atoms with van der Waals surface area (Å²) in [5, 5.41) is 3.31. The summed E-state index contributed by atoms with van der Waals surface area (Å²) in [7, 11) is 1.60. The lowest BCUT2D eigenvalue weighted by molar-refractivity contribution is -0.125. The normalized spacial score (nSPS) is 32.2. The second-order valence-corrected chi connectivity index (χ2v) is 9.33. The van der Waals surface area contributed by atoms with Crippen molar-refractivity contribution in [2.45, 2.75) is 64.8 Å². The van der Waals surface area contributed by atoms with Crippen LogP contribution < -0.4 is 10.1 Å². The van der Waals surface area contributed by atoms with E-state index >= 15 is 0 Å². The van der Waals surface area contributed by atoms with E-state index in [0.29, 0.717) is 16.7 Å². The van der Waals surface area contributed by atoms with Crippen molar-refractivity contribution in [2.24, 2.45) is 23.2 Å². The highest BCUT2D eigenvalue weighted by atomic mass is 16.5. The minimum Gasteiger partial charge on any atom is -0.496 e. The Morgan fingerprint density at radius 1 is 1.15 bits per heavy atom. The number of ketones is 1. The third kappa shape index (κ3) is 3.51. The summed E-state index contributed by atoms with van der Waals surface area (Å²) in [5.41, 5.74) is 1.70. The third-order valence-corrected chi connectivity index (χ3v) is 7.42. The first kappa shape index (κ1) is 18.5. The summed E-state index contributed by atoms with van der Waals surface area (Å²) in [4.78, 5) is 24.5. The summed E-state index contributed by atoms with van der Waals surface area (Å²) in [6.45, 7) is 3.75. The van der Waals surface area contributed by atoms with Gasteiger partial charge in [-0.05, 0) is 93.7 Å². The highest BCUT2D eigenvalue weighted by Crippen LogP contribution is 2.61. The third-order valence-electron chi connectivity index (χ3n) is 7.42. The molecule has 0 radical (unpaired) electrons. The number of carbonyl (C=O) groups excluding carboxylic acids is 2. The Morgan fingerprint density at radius 3 is 2.26 bits per heavy atom. The Hall–Kier alpha value is -1.84. The van der Waals surface area contributed by atoms with Crippen LogP contribution in [0.5, 0.6) is 5.75 Å². The van der Waals surface area contributed by atoms with Crippen molar-refractivity contribution in [3.63, 3.8) is 0 Å². The molecule has 0 aromatic heterocycles. The zero-order valence-corrected chi connectivity index (χ0v) is 16.7. The molecule has 1 unspecified atom stereocenters. The summed E-state index contributed by atoms with van der Waals surface area (Å²) in [6.07, 6.45) is 8.33. The Morgan fingerprint density at radius 2 is 1.74 bits per heavy atom. The number of methoxy groups -OCH3 is 1. The number of carbonyl (C=O) groups is 2. The molecule has 1 aromatic carbocycles. The van der Waals surface area contributed by atoms with E-state index in [1.807, 2.05) is 0 Å². The first-order valence-electron chi connectivity index (χ1n) is 10.4. The SMILES string of the molecule is COc1ccc(C(C)=O)cc1CC(=O)NC(C)C12CC3CC(CC(C3)C1)C2. The molecular formula is C23H31NO3. The summed E-state index contributed by atoms with van der Waals surface area (Å²) in [6, 6.07) is 5.53. The van der Waals surface area contributed by atoms with Crippen molar-refractivity contribution in [2.75, 3.05) is 7.11 Å². The number of nitrogens with one attached hydrogen (secondary N) is 1. The molecule has 0 aliphatic heterocycles. The van der Waals surface area contributed by atoms with Gasteiger partial charge in [-0.15, -0.1) is 0 Å². The molecule has 4 fully saturated rings. The van der Waals surface area contributed by atoms with Gasteiger partial charge in [0.25, 0.3) is 0 Å². The van der Waals surface area contributed by atoms with Gasteiger partial charge in [0.2, 0.25) is 5.91 Å². The van der Waals surface area contributed by atoms with Gasteiger partial charge in [-0.25, -0.2) is 0 Å². The molecule has 0 saturated heterocycles. The molecule has 4 saturated carbocycles. The fourth-order valence-corrected chi connectivity index (χ4v) is 6.46. The zero-order chi connectivity index (χ0) is 19.2. The Labute approximate surface area is 162 Å². The second kappa shape index (κ2) is 6.96. The number of hydrogen-bond acceptors (Lipinski definition) is 3. The molecule has 1 amide bonds. The lowest BCUT2D eigenvalue weighted by Gasteiger charge is -2.59. The zero-order valence-electron chi connectivity index (χ0n) is 16.7. The molecule has 5 rings (SSSR count). The standard InChI is InChI=1S/C23H31NO3/c1-14(25)19-4-5-21(27-3)20(9-19)10-22(26)24-15(2)23-11-16-6-17(12-23)8-18(7-16)13-23/h4-5,9,15-18H,6-8,10-13H2,1-3H3,(H,24,26). The maximum Gasteiger partial charge on any atom is 0.224 e. The fraction of sp³-hybridized carbons (Fsp3) is 0.652. The Balaban J connectivity index is 1.45. The number of hydrogen-bond donors (Lipinski definition) is 1. The number of ether oxygens (including phenoxy) is 1. The quantitative estimate of drug-likeness (QED) is 0.766. The first-order chi connectivity index (χ1) is 12.9. The molecular weight excluding hydrogens is 338 g/mol. The van der Waals surface area contributed by atoms with E-state index in [1.165, 1.54) is 38.5 Å². The highest BCUT2D eigenvalue weighted by Gasteiger charge is 2.53. The monoisotopic (exact) mass is 369 g/mol. The fourth-order valence-electron chi connectivity index (χ4n) is 6.46. The largest absolute Gasteiger partial charge is 0.496 e. The maximum absolute atomic E-state index is 12.8. The maximum atomic E-state index is 12.8. The van der Waals surface area contributed by atoms with Crippen LogP contribution >= 0.6 is 0 Å². The van der Waals surface area contributed by atoms with Gasteiger partial charge < -0.3 is 10.1 Å². The van der Waals surface area contributed by atoms with Crippen LogP contribution in [0.4, 0.5) is 0 Å². The van der Waals surface area contributed by atoms with Crippen LogP contribution in [0.2, 0.25) is 0 Å². The van der Waals surface area contributed by atoms with Crippen LogP contribution in [-0.4, -0.2) is 24.8 Å². The Bertz CT molecular complexity index is 719. The average Bonchev–Trinajstić information content (AvgIpc) is 2.60. The van der Waals surface area contributed by atoms with E-state index in [9.17, 15) is 9.59 Å². The van der Waals surface area contributed by atoms with Crippen molar-refractivity contribution < 1.29 is 14.3 Å². The van der Waals surface area contributed by atoms with Crippen molar-refractivity contribution >= 4 is 11.7 Å². The summed E-state index contributed by atoms with van der Waals surface area (Å²) >= 11 is 0. The van der Waals surface area contributed by atoms with Gasteiger partial charge >= 0.3 is 0 Å². The molecule has 4 nitrogen and oxygen atoms in total. The minimum atomic E-state index is 0.00115. The van der Waals surface area contributed by atoms with Crippen molar-refractivity contribution in [1.82, 2.24) is 5.32 Å². The van der Waals surface area contributed by atoms with Crippen molar-refractivity contribution in [3.8, 4) is 5.75 Å². The molecule has 1 N–H and O–H groups in total. The molecule has 27 heavy (non-hydrogen) atoms. The van der Waals surface area contributed by atoms with Crippen LogP contribution in [0.15, 0.2) is 18.2 Å². The smallest absolute Gasteiger partial charge is 0.224 e. The van der Waals surface area contributed by atoms with Crippen LogP contribution in [0.25, 0.3) is 0 Å². The van der Waals surface area contributed by atoms with Gasteiger partial charge in [0.05, 0.1) is 13.5 Å². The molecule has 146 valence electrons. The van der Waals surface area contributed by atoms with Crippen LogP contribution in [0.1, 0.15) is 68.3 Å². The summed E-state index contributed by atoms with van der Waals surface area (Å²) in [5.74, 6) is 3.32. The lowest BCUT2D eigenvalue weighted by atomic mass is 9.48. The van der Waals surface area contributed by atoms with E-state index in [1.54, 1.807) is 32.2 Å². The van der Waals surface area contributed by atoms with Crippen LogP contribution in [-0.2, 0) is 11.2 Å². The predicted molar refractivity (Wildman–Crippen MR) is 105 cm³/mol. The van der Waals surface area contributed by atoms with Gasteiger partial charge in [-0.2, -0.15) is 0 Å². The summed E-state index contributed by atoms with van der Waals surface area (Å²) < 4.78 is 5.40. The van der Waals surface area contributed by atoms with Gasteiger partial charge in [-0.1, -0.05) is 0 Å². The molecule has 4 bridgehead atoms. The predicted octanol–water partition coefficient (Wildman–Crippen LogP) is 4.16. The van der Waals surface area contributed by atoms with E-state index in [4.69, 9.17) is 4.74 Å². The molecule has 4 heteroatoms. The molecule has 0 heterocycles. The molecule has 1 aromatic rings. The average molecular weight is 370 g/mol. The van der Waals surface area contributed by atoms with Crippen molar-refractivity contribution in [3.05, 3.63) is 29.3 Å².